The SMILES string of the molecule is CCCC(=O)C(F)C(=O)c1cc([N+](=O)[O-])ccc1[N+](=O)[O-]. The van der Waals surface area contributed by atoms with E-state index in [1.54, 1.807) is 6.92 Å². The molecule has 1 aromatic rings. The molecule has 1 rings (SSSR count). The highest BCUT2D eigenvalue weighted by Gasteiger charge is 2.32. The number of carbonyl (C=O) groups excluding carboxylic acids is 2. The van der Waals surface area contributed by atoms with Gasteiger partial charge in [-0.25, -0.2) is 4.39 Å². The number of hydrogen-bond acceptors (Lipinski definition) is 6. The van der Waals surface area contributed by atoms with E-state index in [1.165, 1.54) is 0 Å². The molecule has 0 saturated heterocycles. The second kappa shape index (κ2) is 6.64. The number of benzene rings is 1. The van der Waals surface area contributed by atoms with Gasteiger partial charge in [0.1, 0.15) is 5.56 Å². The van der Waals surface area contributed by atoms with Crippen LogP contribution in [0.2, 0.25) is 0 Å². The third-order valence-corrected chi connectivity index (χ3v) is 2.66. The van der Waals surface area contributed by atoms with E-state index in [4.69, 9.17) is 0 Å². The number of rotatable bonds is 7. The third kappa shape index (κ3) is 3.65. The molecule has 9 heteroatoms. The van der Waals surface area contributed by atoms with Gasteiger partial charge in [0.2, 0.25) is 12.0 Å². The van der Waals surface area contributed by atoms with Gasteiger partial charge in [-0.2, -0.15) is 0 Å². The lowest BCUT2D eigenvalue weighted by atomic mass is 10.00. The fourth-order valence-corrected chi connectivity index (χ4v) is 1.65. The van der Waals surface area contributed by atoms with Gasteiger partial charge in [-0.05, 0) is 6.42 Å². The molecule has 1 unspecified atom stereocenters. The molecule has 8 nitrogen and oxygen atoms in total. The van der Waals surface area contributed by atoms with Crippen molar-refractivity contribution in [1.82, 2.24) is 0 Å². The van der Waals surface area contributed by atoms with Gasteiger partial charge in [0, 0.05) is 24.6 Å². The number of nitrogens with zero attached hydrogens (tertiary/aromatic N) is 2. The topological polar surface area (TPSA) is 120 Å². The Hall–Kier alpha value is -2.71. The molecule has 0 spiro atoms. The van der Waals surface area contributed by atoms with Crippen molar-refractivity contribution in [2.75, 3.05) is 0 Å². The number of nitro groups is 2. The summed E-state index contributed by atoms with van der Waals surface area (Å²) in [5.74, 6) is -2.45. The molecule has 21 heavy (non-hydrogen) atoms. The molecule has 1 aromatic carbocycles. The van der Waals surface area contributed by atoms with Gasteiger partial charge >= 0.3 is 0 Å². The second-order valence-electron chi connectivity index (χ2n) is 4.16. The highest BCUT2D eigenvalue weighted by Crippen LogP contribution is 2.26. The van der Waals surface area contributed by atoms with E-state index in [2.05, 4.69) is 0 Å². The van der Waals surface area contributed by atoms with Crippen LogP contribution in [-0.4, -0.2) is 27.6 Å². The van der Waals surface area contributed by atoms with E-state index in [1.807, 2.05) is 0 Å². The summed E-state index contributed by atoms with van der Waals surface area (Å²) >= 11 is 0. The van der Waals surface area contributed by atoms with Gasteiger partial charge in [0.25, 0.3) is 11.4 Å². The van der Waals surface area contributed by atoms with Crippen molar-refractivity contribution in [2.45, 2.75) is 25.9 Å². The van der Waals surface area contributed by atoms with Crippen LogP contribution in [0, 0.1) is 20.2 Å². The maximum atomic E-state index is 13.7. The Morgan fingerprint density at radius 1 is 1.24 bits per heavy atom. The van der Waals surface area contributed by atoms with E-state index in [-0.39, 0.29) is 6.42 Å². The first-order valence-corrected chi connectivity index (χ1v) is 5.93. The molecule has 112 valence electrons. The average Bonchev–Trinajstić information content (AvgIpc) is 2.45. The Balaban J connectivity index is 3.28. The quantitative estimate of drug-likeness (QED) is 0.330. The third-order valence-electron chi connectivity index (χ3n) is 2.66. The molecule has 0 radical (unpaired) electrons. The average molecular weight is 298 g/mol. The lowest BCUT2D eigenvalue weighted by Gasteiger charge is -2.06. The molecule has 0 N–H and O–H groups in total. The summed E-state index contributed by atoms with van der Waals surface area (Å²) in [4.78, 5) is 42.8. The van der Waals surface area contributed by atoms with Gasteiger partial charge in [0.15, 0.2) is 5.78 Å². The minimum absolute atomic E-state index is 0.199. The summed E-state index contributed by atoms with van der Waals surface area (Å²) < 4.78 is 13.7. The monoisotopic (exact) mass is 298 g/mol. The number of ketones is 2. The zero-order valence-electron chi connectivity index (χ0n) is 10.9. The second-order valence-corrected chi connectivity index (χ2v) is 4.16. The summed E-state index contributed by atoms with van der Waals surface area (Å²) in [5.41, 5.74) is -2.16. The van der Waals surface area contributed by atoms with Crippen molar-refractivity contribution >= 4 is 22.9 Å². The van der Waals surface area contributed by atoms with Crippen molar-refractivity contribution in [2.24, 2.45) is 0 Å². The van der Waals surface area contributed by atoms with Crippen LogP contribution in [0.15, 0.2) is 18.2 Å². The van der Waals surface area contributed by atoms with Crippen molar-refractivity contribution in [3.05, 3.63) is 44.0 Å². The standard InChI is InChI=1S/C12H11FN2O6/c1-2-3-10(16)11(13)12(17)8-6-7(14(18)19)4-5-9(8)15(20)21/h4-6,11H,2-3H2,1H3. The molecule has 0 saturated carbocycles. The molecule has 0 aliphatic heterocycles. The predicted molar refractivity (Wildman–Crippen MR) is 68.9 cm³/mol. The minimum Gasteiger partial charge on any atom is -0.296 e. The van der Waals surface area contributed by atoms with Gasteiger partial charge < -0.3 is 0 Å². The lowest BCUT2D eigenvalue weighted by Crippen LogP contribution is -2.26. The largest absolute Gasteiger partial charge is 0.296 e. The molecule has 0 aliphatic rings. The normalized spacial score (nSPS) is 11.7. The number of Topliss-reactive ketones (excluding diaryl/α,β-unsaturated/α-hetero) is 2. The first kappa shape index (κ1) is 16.3. The van der Waals surface area contributed by atoms with Crippen LogP contribution in [0.25, 0.3) is 0 Å². The zero-order valence-corrected chi connectivity index (χ0v) is 10.9. The summed E-state index contributed by atoms with van der Waals surface area (Å²) in [6, 6.07) is 2.17. The number of halogens is 1. The minimum atomic E-state index is -2.56. The summed E-state index contributed by atoms with van der Waals surface area (Å²) in [7, 11) is 0. The smallest absolute Gasteiger partial charge is 0.280 e. The van der Waals surface area contributed by atoms with E-state index in [9.17, 15) is 34.2 Å². The van der Waals surface area contributed by atoms with E-state index >= 15 is 0 Å². The molecule has 0 fully saturated rings. The van der Waals surface area contributed by atoms with Crippen LogP contribution in [-0.2, 0) is 4.79 Å². The van der Waals surface area contributed by atoms with Gasteiger partial charge in [-0.3, -0.25) is 29.8 Å². The maximum absolute atomic E-state index is 13.7. The van der Waals surface area contributed by atoms with Gasteiger partial charge in [0.05, 0.1) is 9.85 Å². The first-order valence-electron chi connectivity index (χ1n) is 5.93. The lowest BCUT2D eigenvalue weighted by molar-refractivity contribution is -0.389. The van der Waals surface area contributed by atoms with Crippen LogP contribution < -0.4 is 0 Å². The number of alkyl halides is 1. The summed E-state index contributed by atoms with van der Waals surface area (Å²) in [5, 5.41) is 21.4. The Kier molecular flexibility index (Phi) is 5.17. The van der Waals surface area contributed by atoms with Gasteiger partial charge in [-0.1, -0.05) is 6.92 Å². The van der Waals surface area contributed by atoms with Crippen molar-refractivity contribution in [3.63, 3.8) is 0 Å². The number of nitro benzene ring substituents is 2. The number of carbonyl (C=O) groups is 2. The van der Waals surface area contributed by atoms with Crippen molar-refractivity contribution in [3.8, 4) is 0 Å². The summed E-state index contributed by atoms with van der Waals surface area (Å²) in [6.45, 7) is 1.60. The Morgan fingerprint density at radius 2 is 1.86 bits per heavy atom. The molecule has 0 amide bonds. The highest BCUT2D eigenvalue weighted by atomic mass is 19.1. The van der Waals surface area contributed by atoms with Crippen LogP contribution in [0.1, 0.15) is 30.1 Å². The Labute approximate surface area is 117 Å². The molecule has 0 aromatic heterocycles. The van der Waals surface area contributed by atoms with E-state index in [0.717, 1.165) is 12.1 Å². The van der Waals surface area contributed by atoms with Crippen LogP contribution in [0.3, 0.4) is 0 Å². The molecular formula is C12H11FN2O6. The van der Waals surface area contributed by atoms with E-state index < -0.39 is 44.5 Å². The molecule has 0 heterocycles. The fraction of sp³-hybridized carbons (Fsp3) is 0.333. The number of non-ortho nitro benzene ring substituents is 1. The van der Waals surface area contributed by atoms with Crippen molar-refractivity contribution in [1.29, 1.82) is 0 Å². The summed E-state index contributed by atoms with van der Waals surface area (Å²) in [6.07, 6.45) is -2.45. The molecular weight excluding hydrogens is 287 g/mol. The fourth-order valence-electron chi connectivity index (χ4n) is 1.65. The molecule has 0 bridgehead atoms. The Morgan fingerprint density at radius 3 is 2.33 bits per heavy atom. The van der Waals surface area contributed by atoms with E-state index in [0.29, 0.717) is 12.5 Å². The van der Waals surface area contributed by atoms with Crippen molar-refractivity contribution < 1.29 is 23.8 Å². The van der Waals surface area contributed by atoms with Crippen LogP contribution >= 0.6 is 0 Å². The zero-order chi connectivity index (χ0) is 16.2. The van der Waals surface area contributed by atoms with Crippen LogP contribution in [0.5, 0.6) is 0 Å². The number of hydrogen-bond donors (Lipinski definition) is 0. The molecule has 0 aliphatic carbocycles. The predicted octanol–water partition coefficient (Wildman–Crippen LogP) is 2.39. The molecule has 1 atom stereocenters. The van der Waals surface area contributed by atoms with Gasteiger partial charge in [-0.15, -0.1) is 0 Å². The highest BCUT2D eigenvalue weighted by molar-refractivity contribution is 6.15. The van der Waals surface area contributed by atoms with Crippen LogP contribution in [0.4, 0.5) is 15.8 Å². The first-order chi connectivity index (χ1) is 9.79. The Bertz CT molecular complexity index is 616. The maximum Gasteiger partial charge on any atom is 0.280 e.